The van der Waals surface area contributed by atoms with Crippen molar-refractivity contribution in [2.24, 2.45) is 11.8 Å². The van der Waals surface area contributed by atoms with Gasteiger partial charge in [0.05, 0.1) is 6.10 Å². The minimum atomic E-state index is -0.136. The summed E-state index contributed by atoms with van der Waals surface area (Å²) in [6.45, 7) is 7.62. The van der Waals surface area contributed by atoms with Crippen molar-refractivity contribution >= 4 is 15.9 Å². The van der Waals surface area contributed by atoms with Crippen molar-refractivity contribution in [3.8, 4) is 0 Å². The molecule has 2 nitrogen and oxygen atoms in total. The Balaban J connectivity index is 2.27. The van der Waals surface area contributed by atoms with E-state index in [-0.39, 0.29) is 6.10 Å². The summed E-state index contributed by atoms with van der Waals surface area (Å²) in [6.07, 6.45) is 3.60. The molecule has 0 bridgehead atoms. The number of alkyl halides is 1. The Kier molecular flexibility index (Phi) is 6.17. The summed E-state index contributed by atoms with van der Waals surface area (Å²) in [7, 11) is 0. The summed E-state index contributed by atoms with van der Waals surface area (Å²) in [5.74, 6) is 1.28. The summed E-state index contributed by atoms with van der Waals surface area (Å²) in [5, 5.41) is 10.6. The van der Waals surface area contributed by atoms with Crippen LogP contribution in [0.25, 0.3) is 0 Å². The molecule has 0 aliphatic carbocycles. The maximum Gasteiger partial charge on any atom is 0.0552 e. The molecule has 0 spiro atoms. The van der Waals surface area contributed by atoms with Gasteiger partial charge in [0.25, 0.3) is 0 Å². The van der Waals surface area contributed by atoms with Gasteiger partial charge >= 0.3 is 0 Å². The van der Waals surface area contributed by atoms with Gasteiger partial charge < -0.3 is 10.0 Å². The second kappa shape index (κ2) is 6.87. The van der Waals surface area contributed by atoms with Gasteiger partial charge in [0, 0.05) is 18.4 Å². The number of rotatable bonds is 6. The maximum absolute atomic E-state index is 9.53. The lowest BCUT2D eigenvalue weighted by atomic mass is 10.0. The highest BCUT2D eigenvalue weighted by Gasteiger charge is 2.26. The zero-order valence-electron chi connectivity index (χ0n) is 9.95. The second-order valence-corrected chi connectivity index (χ2v) is 5.51. The first-order chi connectivity index (χ1) is 7.17. The molecule has 0 aromatic heterocycles. The van der Waals surface area contributed by atoms with E-state index in [0.29, 0.717) is 5.92 Å². The fraction of sp³-hybridized carbons (Fsp3) is 1.00. The van der Waals surface area contributed by atoms with Crippen LogP contribution in [0.4, 0.5) is 0 Å². The van der Waals surface area contributed by atoms with Gasteiger partial charge in [-0.25, -0.2) is 0 Å². The van der Waals surface area contributed by atoms with Crippen LogP contribution >= 0.6 is 15.9 Å². The van der Waals surface area contributed by atoms with Crippen molar-refractivity contribution in [1.29, 1.82) is 0 Å². The fourth-order valence-electron chi connectivity index (χ4n) is 2.41. The highest BCUT2D eigenvalue weighted by Crippen LogP contribution is 2.22. The number of nitrogens with zero attached hydrogens (tertiary/aromatic N) is 1. The quantitative estimate of drug-likeness (QED) is 0.755. The number of likely N-dealkylation sites (tertiary alicyclic amines) is 1. The molecule has 1 aliphatic heterocycles. The predicted molar refractivity (Wildman–Crippen MR) is 68.4 cm³/mol. The third-order valence-corrected chi connectivity index (χ3v) is 4.34. The third kappa shape index (κ3) is 4.41. The van der Waals surface area contributed by atoms with Crippen LogP contribution in [0.3, 0.4) is 0 Å². The minimum Gasteiger partial charge on any atom is -0.393 e. The summed E-state index contributed by atoms with van der Waals surface area (Å²) >= 11 is 3.59. The maximum atomic E-state index is 9.53. The molecule has 1 aliphatic rings. The van der Waals surface area contributed by atoms with E-state index in [0.717, 1.165) is 17.8 Å². The fourth-order valence-corrected chi connectivity index (χ4v) is 2.94. The molecule has 0 aromatic rings. The van der Waals surface area contributed by atoms with E-state index >= 15 is 0 Å². The van der Waals surface area contributed by atoms with Gasteiger partial charge in [0.15, 0.2) is 0 Å². The highest BCUT2D eigenvalue weighted by atomic mass is 79.9. The molecule has 0 amide bonds. The summed E-state index contributed by atoms with van der Waals surface area (Å²) in [4.78, 5) is 2.51. The number of hydrogen-bond acceptors (Lipinski definition) is 2. The van der Waals surface area contributed by atoms with Crippen LogP contribution in [-0.2, 0) is 0 Å². The van der Waals surface area contributed by atoms with Gasteiger partial charge in [0.1, 0.15) is 0 Å². The number of aliphatic hydroxyl groups is 1. The van der Waals surface area contributed by atoms with Crippen LogP contribution in [-0.4, -0.2) is 41.1 Å². The molecular formula is C12H24BrNO. The summed E-state index contributed by atoms with van der Waals surface area (Å²) in [5.41, 5.74) is 0. The van der Waals surface area contributed by atoms with E-state index in [9.17, 15) is 5.11 Å². The molecule has 15 heavy (non-hydrogen) atoms. The first-order valence-corrected chi connectivity index (χ1v) is 7.25. The molecule has 1 heterocycles. The molecule has 1 N–H and O–H groups in total. The van der Waals surface area contributed by atoms with E-state index in [2.05, 4.69) is 27.8 Å². The van der Waals surface area contributed by atoms with Gasteiger partial charge in [-0.3, -0.25) is 0 Å². The van der Waals surface area contributed by atoms with Crippen LogP contribution in [0.5, 0.6) is 0 Å². The molecule has 1 rings (SSSR count). The second-order valence-electron chi connectivity index (χ2n) is 4.86. The molecule has 3 unspecified atom stereocenters. The summed E-state index contributed by atoms with van der Waals surface area (Å²) < 4.78 is 0. The van der Waals surface area contributed by atoms with Crippen molar-refractivity contribution in [3.63, 3.8) is 0 Å². The molecule has 0 radical (unpaired) electrons. The van der Waals surface area contributed by atoms with Crippen LogP contribution in [0.2, 0.25) is 0 Å². The largest absolute Gasteiger partial charge is 0.393 e. The topological polar surface area (TPSA) is 23.5 Å². The van der Waals surface area contributed by atoms with E-state index in [1.165, 1.54) is 32.4 Å². The Bertz CT molecular complexity index is 175. The number of halogens is 1. The molecule has 90 valence electrons. The molecule has 1 saturated heterocycles. The van der Waals surface area contributed by atoms with Gasteiger partial charge in [-0.1, -0.05) is 29.3 Å². The van der Waals surface area contributed by atoms with E-state index in [1.807, 2.05) is 6.92 Å². The third-order valence-electron chi connectivity index (χ3n) is 3.42. The van der Waals surface area contributed by atoms with Crippen molar-refractivity contribution in [2.75, 3.05) is 25.0 Å². The van der Waals surface area contributed by atoms with Crippen LogP contribution in [0.1, 0.15) is 33.1 Å². The van der Waals surface area contributed by atoms with E-state index in [4.69, 9.17) is 0 Å². The monoisotopic (exact) mass is 277 g/mol. The zero-order chi connectivity index (χ0) is 11.3. The average Bonchev–Trinajstić information content (AvgIpc) is 2.65. The SMILES string of the molecule is CCCC(CBr)CN1CCC(C(C)O)C1. The minimum absolute atomic E-state index is 0.136. The Morgan fingerprint density at radius 1 is 1.53 bits per heavy atom. The number of hydrogen-bond donors (Lipinski definition) is 1. The van der Waals surface area contributed by atoms with E-state index < -0.39 is 0 Å². The average molecular weight is 278 g/mol. The van der Waals surface area contributed by atoms with Crippen molar-refractivity contribution < 1.29 is 5.11 Å². The van der Waals surface area contributed by atoms with Crippen LogP contribution < -0.4 is 0 Å². The lowest BCUT2D eigenvalue weighted by Gasteiger charge is -2.22. The van der Waals surface area contributed by atoms with Gasteiger partial charge in [-0.2, -0.15) is 0 Å². The highest BCUT2D eigenvalue weighted by molar-refractivity contribution is 9.09. The molecule has 3 heteroatoms. The Labute approximate surface area is 102 Å². The van der Waals surface area contributed by atoms with Crippen LogP contribution in [0.15, 0.2) is 0 Å². The molecular weight excluding hydrogens is 254 g/mol. The Morgan fingerprint density at radius 2 is 2.27 bits per heavy atom. The zero-order valence-corrected chi connectivity index (χ0v) is 11.5. The lowest BCUT2D eigenvalue weighted by molar-refractivity contribution is 0.126. The first kappa shape index (κ1) is 13.5. The number of aliphatic hydroxyl groups excluding tert-OH is 1. The van der Waals surface area contributed by atoms with Gasteiger partial charge in [0.2, 0.25) is 0 Å². The first-order valence-electron chi connectivity index (χ1n) is 6.13. The van der Waals surface area contributed by atoms with Gasteiger partial charge in [-0.15, -0.1) is 0 Å². The Hall–Kier alpha value is 0.400. The molecule has 0 aromatic carbocycles. The predicted octanol–water partition coefficient (Wildman–Crippen LogP) is 2.50. The smallest absolute Gasteiger partial charge is 0.0552 e. The Morgan fingerprint density at radius 3 is 2.73 bits per heavy atom. The van der Waals surface area contributed by atoms with Crippen molar-refractivity contribution in [2.45, 2.75) is 39.2 Å². The standard InChI is InChI=1S/C12H24BrNO/c1-3-4-11(7-13)8-14-6-5-12(9-14)10(2)15/h10-12,15H,3-9H2,1-2H3. The van der Waals surface area contributed by atoms with Gasteiger partial charge in [-0.05, 0) is 38.1 Å². The normalized spacial score (nSPS) is 26.8. The molecule has 0 saturated carbocycles. The van der Waals surface area contributed by atoms with Crippen molar-refractivity contribution in [3.05, 3.63) is 0 Å². The summed E-state index contributed by atoms with van der Waals surface area (Å²) in [6, 6.07) is 0. The lowest BCUT2D eigenvalue weighted by Crippen LogP contribution is -2.29. The van der Waals surface area contributed by atoms with Crippen LogP contribution in [0, 0.1) is 11.8 Å². The van der Waals surface area contributed by atoms with E-state index in [1.54, 1.807) is 0 Å². The molecule has 3 atom stereocenters. The molecule has 1 fully saturated rings. The van der Waals surface area contributed by atoms with Crippen molar-refractivity contribution in [1.82, 2.24) is 4.90 Å².